The van der Waals surface area contributed by atoms with E-state index in [1.807, 2.05) is 0 Å². The lowest BCUT2D eigenvalue weighted by Crippen LogP contribution is -2.51. The number of hydrogen-bond acceptors (Lipinski definition) is 5. The summed E-state index contributed by atoms with van der Waals surface area (Å²) in [5, 5.41) is 19.0. The number of sulfone groups is 1. The molecule has 1 aromatic carbocycles. The number of carbonyl (C=O) groups excluding carboxylic acids is 1. The van der Waals surface area contributed by atoms with Gasteiger partial charge in [-0.25, -0.2) is 8.42 Å². The van der Waals surface area contributed by atoms with Crippen LogP contribution >= 0.6 is 0 Å². The third-order valence-electron chi connectivity index (χ3n) is 4.84. The highest BCUT2D eigenvalue weighted by Gasteiger charge is 2.46. The second kappa shape index (κ2) is 7.75. The number of aliphatic carboxylic acids is 1. The van der Waals surface area contributed by atoms with Crippen LogP contribution in [0.4, 0.5) is 0 Å². The van der Waals surface area contributed by atoms with Crippen LogP contribution in [-0.2, 0) is 25.8 Å². The van der Waals surface area contributed by atoms with Crippen molar-refractivity contribution >= 4 is 21.7 Å². The van der Waals surface area contributed by atoms with Crippen LogP contribution in [0.5, 0.6) is 0 Å². The standard InChI is InChI=1S/C18H25NO6S/c1-18(2,17(23)19-9-8-15(20)11-19)26(24,25)12-14(16(21)22)10-13-6-4-3-5-7-13/h3-7,14-15,20H,8-12H2,1-2H3,(H,21,22). The number of hydrogen-bond donors (Lipinski definition) is 2. The summed E-state index contributed by atoms with van der Waals surface area (Å²) in [6.45, 7) is 3.00. The molecule has 1 heterocycles. The van der Waals surface area contributed by atoms with Gasteiger partial charge >= 0.3 is 5.97 Å². The number of β-amino-alcohol motifs (C(OH)–C–C–N with tert-alkyl or cyclic N) is 1. The first kappa shape index (κ1) is 20.4. The molecule has 26 heavy (non-hydrogen) atoms. The maximum absolute atomic E-state index is 12.9. The fraction of sp³-hybridized carbons (Fsp3) is 0.556. The molecule has 1 fully saturated rings. The molecule has 0 spiro atoms. The van der Waals surface area contributed by atoms with E-state index in [-0.39, 0.29) is 13.0 Å². The summed E-state index contributed by atoms with van der Waals surface area (Å²) in [4.78, 5) is 25.6. The van der Waals surface area contributed by atoms with Gasteiger partial charge in [-0.1, -0.05) is 30.3 Å². The summed E-state index contributed by atoms with van der Waals surface area (Å²) in [5.41, 5.74) is 0.724. The highest BCUT2D eigenvalue weighted by Crippen LogP contribution is 2.26. The first-order chi connectivity index (χ1) is 12.0. The number of amides is 1. The zero-order chi connectivity index (χ0) is 19.5. The van der Waals surface area contributed by atoms with E-state index >= 15 is 0 Å². The molecule has 144 valence electrons. The molecule has 2 N–H and O–H groups in total. The molecule has 1 aliphatic heterocycles. The third kappa shape index (κ3) is 4.42. The van der Waals surface area contributed by atoms with Gasteiger partial charge in [0.05, 0.1) is 17.8 Å². The number of benzene rings is 1. The Morgan fingerprint density at radius 3 is 2.38 bits per heavy atom. The zero-order valence-corrected chi connectivity index (χ0v) is 15.8. The minimum atomic E-state index is -4.03. The molecule has 0 saturated carbocycles. The van der Waals surface area contributed by atoms with Crippen molar-refractivity contribution in [2.75, 3.05) is 18.8 Å². The van der Waals surface area contributed by atoms with Gasteiger partial charge in [0.15, 0.2) is 9.84 Å². The van der Waals surface area contributed by atoms with Gasteiger partial charge in [0.1, 0.15) is 4.75 Å². The van der Waals surface area contributed by atoms with Crippen LogP contribution in [0.1, 0.15) is 25.8 Å². The SMILES string of the molecule is CC(C)(C(=O)N1CCC(O)C1)S(=O)(=O)CC(Cc1ccccc1)C(=O)O. The Morgan fingerprint density at radius 2 is 1.88 bits per heavy atom. The number of aliphatic hydroxyl groups is 1. The van der Waals surface area contributed by atoms with Crippen LogP contribution in [0.3, 0.4) is 0 Å². The zero-order valence-electron chi connectivity index (χ0n) is 15.0. The Hall–Kier alpha value is -1.93. The summed E-state index contributed by atoms with van der Waals surface area (Å²) < 4.78 is 24.0. The van der Waals surface area contributed by atoms with Crippen molar-refractivity contribution in [2.45, 2.75) is 37.5 Å². The van der Waals surface area contributed by atoms with Gasteiger partial charge in [-0.2, -0.15) is 0 Å². The predicted octanol–water partition coefficient (Wildman–Crippen LogP) is 0.716. The van der Waals surface area contributed by atoms with E-state index in [1.165, 1.54) is 18.7 Å². The van der Waals surface area contributed by atoms with Crippen LogP contribution in [0.25, 0.3) is 0 Å². The third-order valence-corrected chi connectivity index (χ3v) is 7.41. The van der Waals surface area contributed by atoms with Crippen molar-refractivity contribution in [1.29, 1.82) is 0 Å². The van der Waals surface area contributed by atoms with Crippen molar-refractivity contribution < 1.29 is 28.2 Å². The largest absolute Gasteiger partial charge is 0.481 e. The summed E-state index contributed by atoms with van der Waals surface area (Å²) in [6, 6.07) is 8.79. The van der Waals surface area contributed by atoms with E-state index in [1.54, 1.807) is 30.3 Å². The molecule has 8 heteroatoms. The number of carboxylic acid groups (broad SMARTS) is 1. The smallest absolute Gasteiger partial charge is 0.307 e. The van der Waals surface area contributed by atoms with E-state index < -0.39 is 44.2 Å². The van der Waals surface area contributed by atoms with Crippen molar-refractivity contribution in [2.24, 2.45) is 5.92 Å². The van der Waals surface area contributed by atoms with Gasteiger partial charge in [-0.05, 0) is 32.3 Å². The molecule has 7 nitrogen and oxygen atoms in total. The van der Waals surface area contributed by atoms with Crippen LogP contribution < -0.4 is 0 Å². The number of rotatable bonds is 7. The molecule has 1 aromatic rings. The number of carbonyl (C=O) groups is 2. The predicted molar refractivity (Wildman–Crippen MR) is 96.3 cm³/mol. The summed E-state index contributed by atoms with van der Waals surface area (Å²) in [5.74, 6) is -3.57. The monoisotopic (exact) mass is 383 g/mol. The van der Waals surface area contributed by atoms with Crippen molar-refractivity contribution in [3.05, 3.63) is 35.9 Å². The number of nitrogens with zero attached hydrogens (tertiary/aromatic N) is 1. The van der Waals surface area contributed by atoms with Crippen LogP contribution in [-0.4, -0.2) is 65.1 Å². The number of likely N-dealkylation sites (tertiary alicyclic amines) is 1. The average Bonchev–Trinajstić information content (AvgIpc) is 3.00. The Balaban J connectivity index is 2.17. The molecule has 2 atom stereocenters. The number of aliphatic hydroxyl groups excluding tert-OH is 1. The van der Waals surface area contributed by atoms with Gasteiger partial charge in [0.25, 0.3) is 0 Å². The minimum Gasteiger partial charge on any atom is -0.481 e. The fourth-order valence-electron chi connectivity index (χ4n) is 3.03. The molecule has 0 bridgehead atoms. The number of carboxylic acids is 1. The van der Waals surface area contributed by atoms with Gasteiger partial charge < -0.3 is 15.1 Å². The maximum Gasteiger partial charge on any atom is 0.307 e. The van der Waals surface area contributed by atoms with Crippen molar-refractivity contribution in [3.63, 3.8) is 0 Å². The van der Waals surface area contributed by atoms with Crippen molar-refractivity contribution in [1.82, 2.24) is 4.90 Å². The highest BCUT2D eigenvalue weighted by atomic mass is 32.2. The van der Waals surface area contributed by atoms with Gasteiger partial charge in [-0.3, -0.25) is 9.59 Å². The Kier molecular flexibility index (Phi) is 6.08. The first-order valence-corrected chi connectivity index (χ1v) is 10.2. The topological polar surface area (TPSA) is 112 Å². The van der Waals surface area contributed by atoms with Gasteiger partial charge in [0, 0.05) is 13.1 Å². The Bertz CT molecular complexity index is 759. The van der Waals surface area contributed by atoms with E-state index in [0.29, 0.717) is 13.0 Å². The lowest BCUT2D eigenvalue weighted by Gasteiger charge is -2.30. The lowest BCUT2D eigenvalue weighted by atomic mass is 10.0. The molecule has 0 aromatic heterocycles. The molecule has 1 saturated heterocycles. The van der Waals surface area contributed by atoms with E-state index in [9.17, 15) is 28.2 Å². The second-order valence-electron chi connectivity index (χ2n) is 7.21. The van der Waals surface area contributed by atoms with E-state index in [4.69, 9.17) is 0 Å². The quantitative estimate of drug-likeness (QED) is 0.717. The summed E-state index contributed by atoms with van der Waals surface area (Å²) >= 11 is 0. The van der Waals surface area contributed by atoms with E-state index in [2.05, 4.69) is 0 Å². The average molecular weight is 383 g/mol. The molecule has 0 radical (unpaired) electrons. The van der Waals surface area contributed by atoms with Gasteiger partial charge in [-0.15, -0.1) is 0 Å². The van der Waals surface area contributed by atoms with Crippen LogP contribution in [0, 0.1) is 5.92 Å². The molecular formula is C18H25NO6S. The Morgan fingerprint density at radius 1 is 1.27 bits per heavy atom. The van der Waals surface area contributed by atoms with Gasteiger partial charge in [0.2, 0.25) is 5.91 Å². The normalized spacial score (nSPS) is 19.3. The first-order valence-electron chi connectivity index (χ1n) is 8.51. The summed E-state index contributed by atoms with van der Waals surface area (Å²) in [6.07, 6.45) is -0.169. The van der Waals surface area contributed by atoms with E-state index in [0.717, 1.165) is 5.56 Å². The second-order valence-corrected chi connectivity index (χ2v) is 9.79. The van der Waals surface area contributed by atoms with Crippen molar-refractivity contribution in [3.8, 4) is 0 Å². The minimum absolute atomic E-state index is 0.0715. The molecule has 1 aliphatic rings. The fourth-order valence-corrected chi connectivity index (χ4v) is 4.63. The molecular weight excluding hydrogens is 358 g/mol. The molecule has 2 rings (SSSR count). The van der Waals surface area contributed by atoms with Crippen LogP contribution in [0.15, 0.2) is 30.3 Å². The Labute approximate surface area is 153 Å². The highest BCUT2D eigenvalue weighted by molar-refractivity contribution is 7.93. The van der Waals surface area contributed by atoms with Crippen LogP contribution in [0.2, 0.25) is 0 Å². The maximum atomic E-state index is 12.9. The summed E-state index contributed by atoms with van der Waals surface area (Å²) in [7, 11) is -4.03. The molecule has 1 amide bonds. The molecule has 0 aliphatic carbocycles. The molecule has 2 unspecified atom stereocenters. The lowest BCUT2D eigenvalue weighted by molar-refractivity contribution is -0.141.